The van der Waals surface area contributed by atoms with E-state index in [1.54, 1.807) is 24.3 Å². The molecule has 0 aliphatic heterocycles. The van der Waals surface area contributed by atoms with Crippen LogP contribution in [0.1, 0.15) is 16.7 Å². The van der Waals surface area contributed by atoms with Crippen LogP contribution in [-0.2, 0) is 19.4 Å². The van der Waals surface area contributed by atoms with Gasteiger partial charge in [-0.2, -0.15) is 10.5 Å². The maximum Gasteiger partial charge on any atom is 0.169 e. The van der Waals surface area contributed by atoms with Gasteiger partial charge in [0.1, 0.15) is 12.4 Å². The maximum atomic E-state index is 9.24. The molecule has 6 nitrogen and oxygen atoms in total. The average molecular weight is 414 g/mol. The largest absolute Gasteiger partial charge is 0.493 e. The van der Waals surface area contributed by atoms with Crippen LogP contribution in [0.15, 0.2) is 60.7 Å². The zero-order valence-electron chi connectivity index (χ0n) is 17.4. The van der Waals surface area contributed by atoms with Crippen molar-refractivity contribution in [1.29, 1.82) is 10.5 Å². The minimum atomic E-state index is 0.133. The van der Waals surface area contributed by atoms with Crippen LogP contribution in [0.3, 0.4) is 0 Å². The maximum absolute atomic E-state index is 9.24. The Labute approximate surface area is 181 Å². The molecular weight excluding hydrogens is 392 g/mol. The topological polar surface area (TPSA) is 84.5 Å². The van der Waals surface area contributed by atoms with Crippen molar-refractivity contribution >= 4 is 0 Å². The first-order chi connectivity index (χ1) is 15.2. The highest BCUT2D eigenvalue weighted by Crippen LogP contribution is 2.40. The van der Waals surface area contributed by atoms with Crippen molar-refractivity contribution in [1.82, 2.24) is 0 Å². The highest BCUT2D eigenvalue weighted by Gasteiger charge is 2.16. The molecule has 0 saturated heterocycles. The van der Waals surface area contributed by atoms with Crippen LogP contribution in [0, 0.1) is 22.7 Å². The van der Waals surface area contributed by atoms with E-state index < -0.39 is 0 Å². The van der Waals surface area contributed by atoms with E-state index in [-0.39, 0.29) is 12.8 Å². The molecule has 31 heavy (non-hydrogen) atoms. The van der Waals surface area contributed by atoms with Gasteiger partial charge in [-0.1, -0.05) is 36.4 Å². The normalized spacial score (nSPS) is 9.94. The molecular formula is C25H22N2O4. The zero-order valence-corrected chi connectivity index (χ0v) is 17.4. The summed E-state index contributed by atoms with van der Waals surface area (Å²) >= 11 is 0. The number of benzene rings is 3. The molecule has 156 valence electrons. The number of nitrogens with zero attached hydrogens (tertiary/aromatic N) is 2. The highest BCUT2D eigenvalue weighted by molar-refractivity contribution is 5.54. The molecule has 0 amide bonds. The second-order valence-electron chi connectivity index (χ2n) is 6.64. The molecule has 0 saturated carbocycles. The second kappa shape index (κ2) is 10.6. The van der Waals surface area contributed by atoms with E-state index in [9.17, 15) is 5.26 Å². The Morgan fingerprint density at radius 2 is 1.39 bits per heavy atom. The molecule has 0 fully saturated rings. The van der Waals surface area contributed by atoms with Gasteiger partial charge in [-0.25, -0.2) is 0 Å². The monoisotopic (exact) mass is 414 g/mol. The minimum absolute atomic E-state index is 0.133. The lowest BCUT2D eigenvalue weighted by atomic mass is 10.1. The van der Waals surface area contributed by atoms with Crippen molar-refractivity contribution < 1.29 is 18.9 Å². The predicted octanol–water partition coefficient (Wildman–Crippen LogP) is 5.21. The first-order valence-corrected chi connectivity index (χ1v) is 9.64. The summed E-state index contributed by atoms with van der Waals surface area (Å²) in [6, 6.07) is 22.9. The van der Waals surface area contributed by atoms with Crippen LogP contribution in [0.5, 0.6) is 28.7 Å². The van der Waals surface area contributed by atoms with Crippen molar-refractivity contribution in [2.75, 3.05) is 14.2 Å². The van der Waals surface area contributed by atoms with E-state index in [1.165, 1.54) is 14.2 Å². The lowest BCUT2D eigenvalue weighted by molar-refractivity contribution is 0.290. The lowest BCUT2D eigenvalue weighted by Gasteiger charge is -2.17. The van der Waals surface area contributed by atoms with E-state index in [0.717, 1.165) is 11.1 Å². The van der Waals surface area contributed by atoms with Crippen LogP contribution >= 0.6 is 0 Å². The van der Waals surface area contributed by atoms with Crippen LogP contribution in [0.2, 0.25) is 0 Å². The number of hydrogen-bond donors (Lipinski definition) is 0. The van der Waals surface area contributed by atoms with Gasteiger partial charge < -0.3 is 18.9 Å². The van der Waals surface area contributed by atoms with E-state index in [1.807, 2.05) is 36.4 Å². The number of hydrogen-bond acceptors (Lipinski definition) is 6. The average Bonchev–Trinajstić information content (AvgIpc) is 2.80. The molecule has 0 bridgehead atoms. The second-order valence-corrected chi connectivity index (χ2v) is 6.64. The van der Waals surface area contributed by atoms with Gasteiger partial charge in [-0.3, -0.25) is 0 Å². The van der Waals surface area contributed by atoms with Gasteiger partial charge in [0.05, 0.1) is 39.2 Å². The first-order valence-electron chi connectivity index (χ1n) is 9.64. The van der Waals surface area contributed by atoms with Crippen molar-refractivity contribution in [3.05, 3.63) is 77.4 Å². The smallest absolute Gasteiger partial charge is 0.169 e. The summed E-state index contributed by atoms with van der Waals surface area (Å²) in [4.78, 5) is 0. The van der Waals surface area contributed by atoms with Crippen molar-refractivity contribution in [2.45, 2.75) is 19.4 Å². The van der Waals surface area contributed by atoms with Crippen molar-refractivity contribution in [3.63, 3.8) is 0 Å². The summed E-state index contributed by atoms with van der Waals surface area (Å²) in [5.74, 6) is 2.44. The van der Waals surface area contributed by atoms with E-state index >= 15 is 0 Å². The predicted molar refractivity (Wildman–Crippen MR) is 115 cm³/mol. The van der Waals surface area contributed by atoms with Gasteiger partial charge in [0.15, 0.2) is 23.0 Å². The van der Waals surface area contributed by atoms with Crippen molar-refractivity contribution in [3.8, 4) is 40.9 Å². The van der Waals surface area contributed by atoms with Gasteiger partial charge in [-0.05, 0) is 29.3 Å². The Hall–Kier alpha value is -4.16. The summed E-state index contributed by atoms with van der Waals surface area (Å²) in [6.45, 7) is 0.367. The number of rotatable bonds is 9. The Bertz CT molecular complexity index is 1110. The molecule has 0 N–H and O–H groups in total. The molecule has 3 aromatic rings. The number of methoxy groups -OCH3 is 2. The Morgan fingerprint density at radius 1 is 0.677 bits per heavy atom. The fourth-order valence-electron chi connectivity index (χ4n) is 3.03. The van der Waals surface area contributed by atoms with E-state index in [0.29, 0.717) is 40.9 Å². The fraction of sp³-hybridized carbons (Fsp3) is 0.200. The summed E-state index contributed by atoms with van der Waals surface area (Å²) < 4.78 is 22.9. The van der Waals surface area contributed by atoms with E-state index in [2.05, 4.69) is 12.1 Å². The Morgan fingerprint density at radius 3 is 2.06 bits per heavy atom. The van der Waals surface area contributed by atoms with Gasteiger partial charge >= 0.3 is 0 Å². The molecule has 0 aromatic heterocycles. The minimum Gasteiger partial charge on any atom is -0.493 e. The molecule has 6 heteroatoms. The quantitative estimate of drug-likeness (QED) is 0.478. The molecule has 0 spiro atoms. The standard InChI is InChI=1S/C25H22N2O4/c1-28-23-15-20(11-13-27)22(16-24(23)29-2)31-25-14-18(10-12-26)8-9-21(25)30-17-19-6-4-3-5-7-19/h3-9,14-16H,10-11,17H2,1-2H3. The molecule has 0 aliphatic carbocycles. The van der Waals surface area contributed by atoms with E-state index in [4.69, 9.17) is 24.2 Å². The molecule has 3 aromatic carbocycles. The van der Waals surface area contributed by atoms with Crippen LogP contribution in [0.25, 0.3) is 0 Å². The molecule has 0 aliphatic rings. The number of nitriles is 2. The molecule has 0 radical (unpaired) electrons. The lowest BCUT2D eigenvalue weighted by Crippen LogP contribution is -2.00. The fourth-order valence-corrected chi connectivity index (χ4v) is 3.03. The molecule has 3 rings (SSSR count). The zero-order chi connectivity index (χ0) is 22.1. The summed E-state index contributed by atoms with van der Waals surface area (Å²) in [5.41, 5.74) is 2.47. The summed E-state index contributed by atoms with van der Waals surface area (Å²) in [5, 5.41) is 18.3. The third-order valence-corrected chi connectivity index (χ3v) is 4.58. The van der Waals surface area contributed by atoms with Gasteiger partial charge in [0, 0.05) is 11.6 Å². The molecule has 0 unspecified atom stereocenters. The Balaban J connectivity index is 1.97. The van der Waals surface area contributed by atoms with Gasteiger partial charge in [0.2, 0.25) is 0 Å². The summed E-state index contributed by atoms with van der Waals surface area (Å²) in [6.07, 6.45) is 0.375. The van der Waals surface area contributed by atoms with Crippen LogP contribution < -0.4 is 18.9 Å². The summed E-state index contributed by atoms with van der Waals surface area (Å²) in [7, 11) is 3.07. The third kappa shape index (κ3) is 5.46. The number of ether oxygens (including phenoxy) is 4. The third-order valence-electron chi connectivity index (χ3n) is 4.58. The molecule has 0 atom stereocenters. The van der Waals surface area contributed by atoms with Crippen LogP contribution in [0.4, 0.5) is 0 Å². The van der Waals surface area contributed by atoms with Gasteiger partial charge in [-0.15, -0.1) is 0 Å². The van der Waals surface area contributed by atoms with Crippen LogP contribution in [-0.4, -0.2) is 14.2 Å². The van der Waals surface area contributed by atoms with Crippen molar-refractivity contribution in [2.24, 2.45) is 0 Å². The SMILES string of the molecule is COc1cc(CC#N)c(Oc2cc(CC#N)ccc2OCc2ccccc2)cc1OC. The first kappa shape index (κ1) is 21.5. The Kier molecular flexibility index (Phi) is 7.35. The highest BCUT2D eigenvalue weighted by atomic mass is 16.5. The van der Waals surface area contributed by atoms with Gasteiger partial charge in [0.25, 0.3) is 0 Å². The molecule has 0 heterocycles.